The van der Waals surface area contributed by atoms with E-state index in [-0.39, 0.29) is 6.61 Å². The quantitative estimate of drug-likeness (QED) is 0.902. The van der Waals surface area contributed by atoms with E-state index in [4.69, 9.17) is 9.52 Å². The van der Waals surface area contributed by atoms with Gasteiger partial charge in [-0.15, -0.1) is 11.3 Å². The average molecular weight is 260 g/mol. The van der Waals surface area contributed by atoms with Crippen LogP contribution < -0.4 is 0 Å². The van der Waals surface area contributed by atoms with E-state index in [0.29, 0.717) is 4.67 Å². The third-order valence-corrected chi connectivity index (χ3v) is 2.92. The highest BCUT2D eigenvalue weighted by Crippen LogP contribution is 2.28. The lowest BCUT2D eigenvalue weighted by atomic mass is 10.5. The number of hydrogen-bond acceptors (Lipinski definition) is 4. The summed E-state index contributed by atoms with van der Waals surface area (Å²) in [7, 11) is 0. The molecule has 0 unspecified atom stereocenters. The smallest absolute Gasteiger partial charge is 0.170 e. The largest absolute Gasteiger partial charge is 0.447 e. The van der Waals surface area contributed by atoms with E-state index in [1.165, 1.54) is 11.3 Å². The fourth-order valence-electron chi connectivity index (χ4n) is 0.924. The van der Waals surface area contributed by atoms with Crippen LogP contribution in [0.1, 0.15) is 4.88 Å². The van der Waals surface area contributed by atoms with Crippen molar-refractivity contribution in [3.8, 4) is 10.8 Å². The van der Waals surface area contributed by atoms with E-state index in [1.807, 2.05) is 12.1 Å². The molecule has 0 aromatic carbocycles. The number of aliphatic hydroxyl groups excluding tert-OH is 1. The Morgan fingerprint density at radius 3 is 2.92 bits per heavy atom. The maximum atomic E-state index is 8.83. The molecular formula is C8H6BrNO2S. The van der Waals surface area contributed by atoms with Crippen LogP contribution in [0.15, 0.2) is 27.4 Å². The molecule has 3 nitrogen and oxygen atoms in total. The molecule has 0 aliphatic rings. The molecule has 0 aliphatic carbocycles. The van der Waals surface area contributed by atoms with Crippen LogP contribution in [0.5, 0.6) is 0 Å². The van der Waals surface area contributed by atoms with Crippen molar-refractivity contribution in [2.45, 2.75) is 6.61 Å². The minimum atomic E-state index is 0.0273. The molecule has 2 rings (SSSR count). The van der Waals surface area contributed by atoms with Gasteiger partial charge >= 0.3 is 0 Å². The van der Waals surface area contributed by atoms with Gasteiger partial charge in [0.2, 0.25) is 0 Å². The molecule has 0 radical (unpaired) electrons. The minimum absolute atomic E-state index is 0.0273. The molecule has 0 saturated carbocycles. The number of hydrogen-bond donors (Lipinski definition) is 1. The highest BCUT2D eigenvalue weighted by Gasteiger charge is 2.07. The Bertz CT molecular complexity index is 410. The van der Waals surface area contributed by atoms with Crippen molar-refractivity contribution in [3.05, 3.63) is 27.9 Å². The third-order valence-electron chi connectivity index (χ3n) is 1.49. The van der Waals surface area contributed by atoms with Gasteiger partial charge in [0.1, 0.15) is 0 Å². The number of thiazole rings is 1. The number of furan rings is 1. The van der Waals surface area contributed by atoms with E-state index < -0.39 is 0 Å². The van der Waals surface area contributed by atoms with Crippen molar-refractivity contribution in [1.82, 2.24) is 4.98 Å². The molecule has 68 valence electrons. The molecular weight excluding hydrogens is 254 g/mol. The zero-order valence-electron chi connectivity index (χ0n) is 6.53. The van der Waals surface area contributed by atoms with Gasteiger partial charge in [0.15, 0.2) is 15.4 Å². The fraction of sp³-hybridized carbons (Fsp3) is 0.125. The molecule has 1 N–H and O–H groups in total. The van der Waals surface area contributed by atoms with Crippen LogP contribution in [0.2, 0.25) is 0 Å². The number of halogens is 1. The molecule has 2 aromatic heterocycles. The van der Waals surface area contributed by atoms with Crippen molar-refractivity contribution in [1.29, 1.82) is 0 Å². The Balaban J connectivity index is 2.35. The Morgan fingerprint density at radius 1 is 1.54 bits per heavy atom. The summed E-state index contributed by atoms with van der Waals surface area (Å²) in [6, 6.07) is 3.65. The second kappa shape index (κ2) is 3.61. The van der Waals surface area contributed by atoms with Crippen LogP contribution in [0.4, 0.5) is 0 Å². The number of aliphatic hydroxyl groups is 1. The average Bonchev–Trinajstić information content (AvgIpc) is 2.71. The van der Waals surface area contributed by atoms with Gasteiger partial charge in [-0.1, -0.05) is 0 Å². The maximum Gasteiger partial charge on any atom is 0.170 e. The van der Waals surface area contributed by atoms with Gasteiger partial charge in [-0.2, -0.15) is 0 Å². The topological polar surface area (TPSA) is 46.3 Å². The SMILES string of the molecule is OCc1cnc(-c2ccc(Br)o2)s1. The highest BCUT2D eigenvalue weighted by atomic mass is 79.9. The third kappa shape index (κ3) is 1.82. The van der Waals surface area contributed by atoms with E-state index >= 15 is 0 Å². The summed E-state index contributed by atoms with van der Waals surface area (Å²) >= 11 is 4.64. The Hall–Kier alpha value is -0.650. The van der Waals surface area contributed by atoms with E-state index in [1.54, 1.807) is 6.20 Å². The second-order valence-electron chi connectivity index (χ2n) is 2.39. The molecule has 0 aliphatic heterocycles. The summed E-state index contributed by atoms with van der Waals surface area (Å²) in [5, 5.41) is 9.62. The van der Waals surface area contributed by atoms with Crippen LogP contribution in [0.25, 0.3) is 10.8 Å². The van der Waals surface area contributed by atoms with Crippen molar-refractivity contribution < 1.29 is 9.52 Å². The fourth-order valence-corrected chi connectivity index (χ4v) is 1.96. The van der Waals surface area contributed by atoms with Crippen LogP contribution in [-0.4, -0.2) is 10.1 Å². The summed E-state index contributed by atoms with van der Waals surface area (Å²) in [6.45, 7) is 0.0273. The Labute approximate surface area is 87.2 Å². The lowest BCUT2D eigenvalue weighted by Gasteiger charge is -1.86. The lowest BCUT2D eigenvalue weighted by molar-refractivity contribution is 0.285. The molecule has 13 heavy (non-hydrogen) atoms. The van der Waals surface area contributed by atoms with Gasteiger partial charge in [0.05, 0.1) is 11.5 Å². The first-order valence-corrected chi connectivity index (χ1v) is 5.22. The molecule has 0 amide bonds. The zero-order chi connectivity index (χ0) is 9.26. The predicted molar refractivity (Wildman–Crippen MR) is 53.4 cm³/mol. The van der Waals surface area contributed by atoms with Crippen molar-refractivity contribution in [2.75, 3.05) is 0 Å². The Kier molecular flexibility index (Phi) is 2.48. The monoisotopic (exact) mass is 259 g/mol. The number of aromatic nitrogens is 1. The van der Waals surface area contributed by atoms with Gasteiger partial charge < -0.3 is 9.52 Å². The lowest BCUT2D eigenvalue weighted by Crippen LogP contribution is -1.70. The van der Waals surface area contributed by atoms with E-state index in [9.17, 15) is 0 Å². The molecule has 0 saturated heterocycles. The summed E-state index contributed by atoms with van der Waals surface area (Å²) < 4.78 is 5.99. The first kappa shape index (κ1) is 8.93. The standard InChI is InChI=1S/C8H6BrNO2S/c9-7-2-1-6(12-7)8-10-3-5(4-11)13-8/h1-3,11H,4H2. The maximum absolute atomic E-state index is 8.83. The van der Waals surface area contributed by atoms with Crippen LogP contribution >= 0.6 is 27.3 Å². The first-order valence-electron chi connectivity index (χ1n) is 3.61. The Morgan fingerprint density at radius 2 is 2.38 bits per heavy atom. The summed E-state index contributed by atoms with van der Waals surface area (Å²) in [5.74, 6) is 0.719. The summed E-state index contributed by atoms with van der Waals surface area (Å²) in [4.78, 5) is 4.95. The van der Waals surface area contributed by atoms with Gasteiger partial charge in [0.25, 0.3) is 0 Å². The predicted octanol–water partition coefficient (Wildman–Crippen LogP) is 2.66. The first-order chi connectivity index (χ1) is 6.29. The molecule has 2 aromatic rings. The van der Waals surface area contributed by atoms with Crippen LogP contribution in [-0.2, 0) is 6.61 Å². The van der Waals surface area contributed by atoms with Gasteiger partial charge in [-0.3, -0.25) is 0 Å². The minimum Gasteiger partial charge on any atom is -0.447 e. The van der Waals surface area contributed by atoms with Gasteiger partial charge in [0, 0.05) is 6.20 Å². The normalized spacial score (nSPS) is 10.6. The molecule has 0 atom stereocenters. The molecule has 0 bridgehead atoms. The van der Waals surface area contributed by atoms with Crippen LogP contribution in [0, 0.1) is 0 Å². The van der Waals surface area contributed by atoms with Crippen molar-refractivity contribution >= 4 is 27.3 Å². The van der Waals surface area contributed by atoms with E-state index in [0.717, 1.165) is 15.6 Å². The van der Waals surface area contributed by atoms with Crippen molar-refractivity contribution in [2.24, 2.45) is 0 Å². The van der Waals surface area contributed by atoms with Gasteiger partial charge in [-0.05, 0) is 28.1 Å². The van der Waals surface area contributed by atoms with Gasteiger partial charge in [-0.25, -0.2) is 4.98 Å². The highest BCUT2D eigenvalue weighted by molar-refractivity contribution is 9.10. The summed E-state index contributed by atoms with van der Waals surface area (Å²) in [6.07, 6.45) is 1.65. The molecule has 2 heterocycles. The molecule has 0 fully saturated rings. The molecule has 0 spiro atoms. The van der Waals surface area contributed by atoms with Crippen LogP contribution in [0.3, 0.4) is 0 Å². The summed E-state index contributed by atoms with van der Waals surface area (Å²) in [5.41, 5.74) is 0. The van der Waals surface area contributed by atoms with E-state index in [2.05, 4.69) is 20.9 Å². The molecule has 5 heteroatoms. The second-order valence-corrected chi connectivity index (χ2v) is 4.29. The number of nitrogens with zero attached hydrogens (tertiary/aromatic N) is 1. The van der Waals surface area contributed by atoms with Crippen molar-refractivity contribution in [3.63, 3.8) is 0 Å². The zero-order valence-corrected chi connectivity index (χ0v) is 8.93. The number of rotatable bonds is 2.